The molecule has 0 saturated carbocycles. The van der Waals surface area contributed by atoms with Gasteiger partial charge in [-0.1, -0.05) is 6.07 Å². The number of hydrogen-bond donors (Lipinski definition) is 0. The van der Waals surface area contributed by atoms with Gasteiger partial charge in [0.1, 0.15) is 0 Å². The number of halogens is 1. The van der Waals surface area contributed by atoms with E-state index in [0.29, 0.717) is 18.7 Å². The Morgan fingerprint density at radius 2 is 2.12 bits per heavy atom. The molecule has 0 N–H and O–H groups in total. The zero-order valence-electron chi connectivity index (χ0n) is 13.6. The molecule has 0 bridgehead atoms. The van der Waals surface area contributed by atoms with Gasteiger partial charge < -0.3 is 9.64 Å². The molecular formula is C17H20FN3O2S. The Labute approximate surface area is 144 Å². The Morgan fingerprint density at radius 1 is 1.33 bits per heavy atom. The summed E-state index contributed by atoms with van der Waals surface area (Å²) in [6.07, 6.45) is 0.215. The number of carbonyl (C=O) groups is 1. The van der Waals surface area contributed by atoms with Crippen molar-refractivity contribution in [2.45, 2.75) is 13.0 Å². The highest BCUT2D eigenvalue weighted by Crippen LogP contribution is 2.18. The van der Waals surface area contributed by atoms with Crippen molar-refractivity contribution >= 4 is 17.2 Å². The summed E-state index contributed by atoms with van der Waals surface area (Å²) < 4.78 is 18.6. The summed E-state index contributed by atoms with van der Waals surface area (Å²) >= 11 is 1.60. The van der Waals surface area contributed by atoms with Crippen LogP contribution in [0.5, 0.6) is 5.75 Å². The molecule has 2 heterocycles. The van der Waals surface area contributed by atoms with Crippen LogP contribution < -0.4 is 4.74 Å². The van der Waals surface area contributed by atoms with Gasteiger partial charge in [0, 0.05) is 38.1 Å². The van der Waals surface area contributed by atoms with Crippen LogP contribution in [0.4, 0.5) is 4.39 Å². The molecule has 3 rings (SSSR count). The van der Waals surface area contributed by atoms with E-state index in [4.69, 9.17) is 4.74 Å². The lowest BCUT2D eigenvalue weighted by molar-refractivity contribution is -0.132. The smallest absolute Gasteiger partial charge is 0.227 e. The summed E-state index contributed by atoms with van der Waals surface area (Å²) in [6, 6.07) is 4.66. The first-order valence-corrected chi connectivity index (χ1v) is 8.79. The number of rotatable bonds is 5. The second kappa shape index (κ2) is 7.72. The molecule has 0 atom stereocenters. The molecule has 1 fully saturated rings. The van der Waals surface area contributed by atoms with Crippen LogP contribution in [0.15, 0.2) is 29.1 Å². The van der Waals surface area contributed by atoms with E-state index in [2.05, 4.69) is 15.3 Å². The second-order valence-corrected chi connectivity index (χ2v) is 6.50. The maximum absolute atomic E-state index is 13.7. The van der Waals surface area contributed by atoms with Gasteiger partial charge in [-0.3, -0.25) is 9.69 Å². The minimum absolute atomic E-state index is 0.0351. The average molecular weight is 349 g/mol. The first-order valence-electron chi connectivity index (χ1n) is 7.85. The van der Waals surface area contributed by atoms with Crippen LogP contribution in [-0.2, 0) is 17.8 Å². The molecule has 5 nitrogen and oxygen atoms in total. The third-order valence-corrected chi connectivity index (χ3v) is 4.80. The van der Waals surface area contributed by atoms with E-state index in [1.165, 1.54) is 13.2 Å². The molecule has 2 aromatic rings. The van der Waals surface area contributed by atoms with Gasteiger partial charge >= 0.3 is 0 Å². The quantitative estimate of drug-likeness (QED) is 0.830. The molecule has 1 aromatic carbocycles. The van der Waals surface area contributed by atoms with Gasteiger partial charge in [0.25, 0.3) is 0 Å². The van der Waals surface area contributed by atoms with Crippen LogP contribution in [0, 0.1) is 5.82 Å². The molecule has 7 heteroatoms. The first kappa shape index (κ1) is 16.9. The lowest BCUT2D eigenvalue weighted by Crippen LogP contribution is -2.48. The molecule has 128 valence electrons. The van der Waals surface area contributed by atoms with Crippen molar-refractivity contribution in [2.75, 3.05) is 33.3 Å². The number of hydrogen-bond acceptors (Lipinski definition) is 5. The van der Waals surface area contributed by atoms with Gasteiger partial charge in [-0.15, -0.1) is 11.3 Å². The van der Waals surface area contributed by atoms with Crippen LogP contribution in [0.25, 0.3) is 0 Å². The number of ether oxygens (including phenoxy) is 1. The zero-order valence-corrected chi connectivity index (χ0v) is 14.4. The van der Waals surface area contributed by atoms with Crippen molar-refractivity contribution in [3.8, 4) is 5.75 Å². The molecule has 1 saturated heterocycles. The second-order valence-electron chi connectivity index (χ2n) is 5.78. The third-order valence-electron chi connectivity index (χ3n) is 4.17. The number of aromatic nitrogens is 1. The highest BCUT2D eigenvalue weighted by atomic mass is 32.1. The number of piperazine rings is 1. The third kappa shape index (κ3) is 4.10. The fourth-order valence-electron chi connectivity index (χ4n) is 2.81. The molecule has 1 amide bonds. The summed E-state index contributed by atoms with van der Waals surface area (Å²) in [5.74, 6) is -0.203. The summed E-state index contributed by atoms with van der Waals surface area (Å²) in [6.45, 7) is 3.89. The van der Waals surface area contributed by atoms with Crippen LogP contribution in [0.2, 0.25) is 0 Å². The lowest BCUT2D eigenvalue weighted by atomic mass is 10.1. The van der Waals surface area contributed by atoms with E-state index in [9.17, 15) is 9.18 Å². The highest BCUT2D eigenvalue weighted by Gasteiger charge is 2.21. The predicted molar refractivity (Wildman–Crippen MR) is 90.6 cm³/mol. The van der Waals surface area contributed by atoms with E-state index < -0.39 is 5.82 Å². The maximum Gasteiger partial charge on any atom is 0.227 e. The van der Waals surface area contributed by atoms with Gasteiger partial charge in [0.2, 0.25) is 5.91 Å². The Kier molecular flexibility index (Phi) is 5.42. The largest absolute Gasteiger partial charge is 0.494 e. The van der Waals surface area contributed by atoms with E-state index in [0.717, 1.165) is 25.3 Å². The van der Waals surface area contributed by atoms with Crippen molar-refractivity contribution in [1.29, 1.82) is 0 Å². The average Bonchev–Trinajstić information content (AvgIpc) is 3.08. The van der Waals surface area contributed by atoms with Gasteiger partial charge in [-0.25, -0.2) is 9.37 Å². The van der Waals surface area contributed by atoms with Crippen molar-refractivity contribution in [3.05, 3.63) is 46.2 Å². The van der Waals surface area contributed by atoms with E-state index in [1.807, 2.05) is 10.4 Å². The van der Waals surface area contributed by atoms with Crippen LogP contribution in [0.1, 0.15) is 11.3 Å². The molecular weight excluding hydrogens is 329 g/mol. The highest BCUT2D eigenvalue weighted by molar-refractivity contribution is 7.07. The van der Waals surface area contributed by atoms with Crippen LogP contribution >= 0.6 is 11.3 Å². The standard InChI is InChI=1S/C17H20FN3O2S/c1-23-16-3-2-13(8-15(16)18)9-17(22)21-6-4-20(5-7-21)10-14-11-24-12-19-14/h2-3,8,11-12H,4-7,9-10H2,1H3. The molecule has 0 unspecified atom stereocenters. The minimum Gasteiger partial charge on any atom is -0.494 e. The summed E-state index contributed by atoms with van der Waals surface area (Å²) in [5, 5.41) is 2.05. The molecule has 24 heavy (non-hydrogen) atoms. The summed E-state index contributed by atoms with van der Waals surface area (Å²) in [7, 11) is 1.42. The van der Waals surface area contributed by atoms with Gasteiger partial charge in [-0.05, 0) is 17.7 Å². The Morgan fingerprint density at radius 3 is 2.75 bits per heavy atom. The summed E-state index contributed by atoms with van der Waals surface area (Å²) in [5.41, 5.74) is 3.58. The van der Waals surface area contributed by atoms with E-state index >= 15 is 0 Å². The Bertz CT molecular complexity index is 685. The number of amides is 1. The SMILES string of the molecule is COc1ccc(CC(=O)N2CCN(Cc3cscn3)CC2)cc1F. The minimum atomic E-state index is -0.434. The monoisotopic (exact) mass is 349 g/mol. The van der Waals surface area contributed by atoms with E-state index in [1.54, 1.807) is 23.5 Å². The van der Waals surface area contributed by atoms with E-state index in [-0.39, 0.29) is 18.1 Å². The van der Waals surface area contributed by atoms with Gasteiger partial charge in [-0.2, -0.15) is 0 Å². The lowest BCUT2D eigenvalue weighted by Gasteiger charge is -2.34. The Balaban J connectivity index is 1.50. The number of carbonyl (C=O) groups excluding carboxylic acids is 1. The maximum atomic E-state index is 13.7. The first-order chi connectivity index (χ1) is 11.7. The van der Waals surface area contributed by atoms with Crippen LogP contribution in [0.3, 0.4) is 0 Å². The summed E-state index contributed by atoms with van der Waals surface area (Å²) in [4.78, 5) is 20.8. The number of benzene rings is 1. The molecule has 1 aliphatic heterocycles. The zero-order chi connectivity index (χ0) is 16.9. The fraction of sp³-hybridized carbons (Fsp3) is 0.412. The van der Waals surface area contributed by atoms with Crippen LogP contribution in [-0.4, -0.2) is 54.0 Å². The fourth-order valence-corrected chi connectivity index (χ4v) is 3.36. The molecule has 0 radical (unpaired) electrons. The Hall–Kier alpha value is -1.99. The van der Waals surface area contributed by atoms with Crippen molar-refractivity contribution < 1.29 is 13.9 Å². The van der Waals surface area contributed by atoms with Gasteiger partial charge in [0.15, 0.2) is 11.6 Å². The predicted octanol–water partition coefficient (Wildman–Crippen LogP) is 2.18. The van der Waals surface area contributed by atoms with Gasteiger partial charge in [0.05, 0.1) is 24.7 Å². The molecule has 0 spiro atoms. The van der Waals surface area contributed by atoms with Crippen molar-refractivity contribution in [3.63, 3.8) is 0 Å². The molecule has 1 aliphatic rings. The topological polar surface area (TPSA) is 45.7 Å². The normalized spacial score (nSPS) is 15.5. The van der Waals surface area contributed by atoms with Crippen molar-refractivity contribution in [1.82, 2.24) is 14.8 Å². The van der Waals surface area contributed by atoms with Crippen molar-refractivity contribution in [2.24, 2.45) is 0 Å². The molecule has 0 aliphatic carbocycles. The molecule has 1 aromatic heterocycles. The number of thiazole rings is 1. The number of methoxy groups -OCH3 is 1. The number of nitrogens with zero attached hydrogens (tertiary/aromatic N) is 3.